The number of hydrogen-bond acceptors (Lipinski definition) is 3. The van der Waals surface area contributed by atoms with Crippen LogP contribution in [0.3, 0.4) is 0 Å². The van der Waals surface area contributed by atoms with Crippen molar-refractivity contribution in [3.8, 4) is 0 Å². The van der Waals surface area contributed by atoms with Gasteiger partial charge in [0.2, 0.25) is 0 Å². The first-order chi connectivity index (χ1) is 13.4. The number of para-hydroxylation sites is 1. The summed E-state index contributed by atoms with van der Waals surface area (Å²) in [5.41, 5.74) is 3.98. The van der Waals surface area contributed by atoms with Crippen molar-refractivity contribution in [2.24, 2.45) is 5.10 Å². The number of aryl methyl sites for hydroxylation is 2. The Bertz CT molecular complexity index is 1120. The van der Waals surface area contributed by atoms with E-state index in [0.29, 0.717) is 28.4 Å². The molecule has 0 unspecified atom stereocenters. The Labute approximate surface area is 167 Å². The van der Waals surface area contributed by atoms with Crippen molar-refractivity contribution in [3.05, 3.63) is 98.2 Å². The molecule has 3 aromatic rings. The number of halogens is 2. The lowest BCUT2D eigenvalue weighted by molar-refractivity contribution is 0.606. The maximum Gasteiger partial charge on any atom is 0.257 e. The Morgan fingerprint density at radius 2 is 1.86 bits per heavy atom. The lowest BCUT2D eigenvalue weighted by Gasteiger charge is -2.24. The Hall–Kier alpha value is -2.92. The van der Waals surface area contributed by atoms with Gasteiger partial charge in [-0.1, -0.05) is 35.9 Å². The Morgan fingerprint density at radius 1 is 1.14 bits per heavy atom. The molecule has 6 heteroatoms. The molecule has 0 aliphatic carbocycles. The van der Waals surface area contributed by atoms with Gasteiger partial charge in [0.05, 0.1) is 23.0 Å². The third-order valence-corrected chi connectivity index (χ3v) is 5.17. The zero-order valence-corrected chi connectivity index (χ0v) is 16.3. The van der Waals surface area contributed by atoms with Crippen LogP contribution in [-0.4, -0.2) is 10.7 Å². The monoisotopic (exact) mass is 395 g/mol. The van der Waals surface area contributed by atoms with Crippen LogP contribution in [-0.2, 0) is 0 Å². The van der Waals surface area contributed by atoms with Crippen molar-refractivity contribution in [2.75, 3.05) is 5.01 Å². The zero-order valence-electron chi connectivity index (χ0n) is 15.5. The Morgan fingerprint density at radius 3 is 2.54 bits per heavy atom. The smallest absolute Gasteiger partial charge is 0.257 e. The normalized spacial score (nSPS) is 16.4. The molecule has 0 radical (unpaired) electrons. The van der Waals surface area contributed by atoms with Gasteiger partial charge in [0, 0.05) is 17.1 Å². The van der Waals surface area contributed by atoms with E-state index in [1.165, 1.54) is 6.07 Å². The maximum atomic E-state index is 14.5. The number of rotatable bonds is 3. The molecule has 28 heavy (non-hydrogen) atoms. The van der Waals surface area contributed by atoms with Crippen LogP contribution >= 0.6 is 11.6 Å². The molecule has 2 aromatic carbocycles. The predicted molar refractivity (Wildman–Crippen MR) is 111 cm³/mol. The van der Waals surface area contributed by atoms with E-state index in [-0.39, 0.29) is 17.4 Å². The average Bonchev–Trinajstić information content (AvgIpc) is 3.06. The number of H-pyrrole nitrogens is 1. The number of nitrogens with one attached hydrogen (secondary N) is 1. The minimum Gasteiger partial charge on any atom is -0.326 e. The molecule has 1 atom stereocenters. The third kappa shape index (κ3) is 3.34. The van der Waals surface area contributed by atoms with Gasteiger partial charge in [-0.3, -0.25) is 9.80 Å². The Balaban J connectivity index is 1.84. The molecule has 0 saturated heterocycles. The Kier molecular flexibility index (Phi) is 4.77. The minimum absolute atomic E-state index is 0.179. The van der Waals surface area contributed by atoms with E-state index in [4.69, 9.17) is 11.6 Å². The first-order valence-electron chi connectivity index (χ1n) is 9.01. The topological polar surface area (TPSA) is 48.5 Å². The molecule has 1 aromatic heterocycles. The molecule has 0 amide bonds. The van der Waals surface area contributed by atoms with E-state index in [9.17, 15) is 9.18 Å². The van der Waals surface area contributed by atoms with Crippen molar-refractivity contribution in [2.45, 2.75) is 26.3 Å². The first-order valence-corrected chi connectivity index (χ1v) is 9.39. The number of benzene rings is 2. The van der Waals surface area contributed by atoms with Crippen LogP contribution in [0.15, 0.2) is 64.5 Å². The first kappa shape index (κ1) is 18.4. The van der Waals surface area contributed by atoms with Crippen molar-refractivity contribution < 1.29 is 4.39 Å². The van der Waals surface area contributed by atoms with Gasteiger partial charge in [-0.2, -0.15) is 5.10 Å². The van der Waals surface area contributed by atoms with E-state index in [0.717, 1.165) is 16.8 Å². The molecule has 142 valence electrons. The van der Waals surface area contributed by atoms with Crippen molar-refractivity contribution in [3.63, 3.8) is 0 Å². The van der Waals surface area contributed by atoms with E-state index in [2.05, 4.69) is 10.1 Å². The molecule has 0 fully saturated rings. The summed E-state index contributed by atoms with van der Waals surface area (Å²) in [6, 6.07) is 15.6. The van der Waals surface area contributed by atoms with Gasteiger partial charge in [-0.15, -0.1) is 0 Å². The fourth-order valence-electron chi connectivity index (χ4n) is 3.68. The number of aromatic amines is 1. The van der Waals surface area contributed by atoms with Crippen LogP contribution in [0.25, 0.3) is 0 Å². The average molecular weight is 396 g/mol. The number of hydrazone groups is 1. The molecule has 4 rings (SSSR count). The summed E-state index contributed by atoms with van der Waals surface area (Å²) >= 11 is 6.03. The van der Waals surface area contributed by atoms with Gasteiger partial charge in [0.15, 0.2) is 0 Å². The highest BCUT2D eigenvalue weighted by Crippen LogP contribution is 2.38. The molecule has 1 aliphatic heterocycles. The van der Waals surface area contributed by atoms with Gasteiger partial charge in [0.1, 0.15) is 5.82 Å². The minimum atomic E-state index is -0.360. The lowest BCUT2D eigenvalue weighted by atomic mass is 9.96. The van der Waals surface area contributed by atoms with E-state index in [1.54, 1.807) is 35.3 Å². The fourth-order valence-corrected chi connectivity index (χ4v) is 3.80. The second-order valence-electron chi connectivity index (χ2n) is 6.95. The summed E-state index contributed by atoms with van der Waals surface area (Å²) < 4.78 is 14.5. The van der Waals surface area contributed by atoms with Gasteiger partial charge in [-0.25, -0.2) is 4.39 Å². The van der Waals surface area contributed by atoms with Crippen LogP contribution in [0.4, 0.5) is 10.1 Å². The van der Waals surface area contributed by atoms with E-state index < -0.39 is 0 Å². The summed E-state index contributed by atoms with van der Waals surface area (Å²) in [5.74, 6) is -0.360. The van der Waals surface area contributed by atoms with Crippen molar-refractivity contribution in [1.29, 1.82) is 0 Å². The van der Waals surface area contributed by atoms with E-state index in [1.807, 2.05) is 32.0 Å². The predicted octanol–water partition coefficient (Wildman–Crippen LogP) is 5.14. The number of anilines is 1. The molecule has 0 spiro atoms. The van der Waals surface area contributed by atoms with Crippen LogP contribution < -0.4 is 10.6 Å². The molecule has 1 N–H and O–H groups in total. The summed E-state index contributed by atoms with van der Waals surface area (Å²) in [6.45, 7) is 3.74. The zero-order chi connectivity index (χ0) is 19.8. The van der Waals surface area contributed by atoms with Gasteiger partial charge in [0.25, 0.3) is 5.56 Å². The lowest BCUT2D eigenvalue weighted by Crippen LogP contribution is -2.20. The summed E-state index contributed by atoms with van der Waals surface area (Å²) in [7, 11) is 0. The second-order valence-corrected chi connectivity index (χ2v) is 7.39. The number of hydrogen-bond donors (Lipinski definition) is 1. The quantitative estimate of drug-likeness (QED) is 0.667. The van der Waals surface area contributed by atoms with Crippen LogP contribution in [0.2, 0.25) is 5.02 Å². The van der Waals surface area contributed by atoms with Gasteiger partial charge in [-0.05, 0) is 55.3 Å². The largest absolute Gasteiger partial charge is 0.326 e. The molecule has 4 nitrogen and oxygen atoms in total. The molecule has 0 bridgehead atoms. The highest BCUT2D eigenvalue weighted by molar-refractivity contribution is 6.30. The van der Waals surface area contributed by atoms with Gasteiger partial charge < -0.3 is 4.98 Å². The van der Waals surface area contributed by atoms with Crippen molar-refractivity contribution >= 4 is 23.0 Å². The van der Waals surface area contributed by atoms with Crippen LogP contribution in [0.1, 0.15) is 34.8 Å². The highest BCUT2D eigenvalue weighted by Gasteiger charge is 2.32. The number of aromatic nitrogens is 1. The standard InChI is InChI=1S/C22H19ClFN3O/c1-13-11-14(2)25-22(28)21(13)18-12-20(15-7-9-16(23)10-8-15)27(26-18)19-6-4-3-5-17(19)24/h3-11,20H,12H2,1-2H3,(H,25,28)/t20-/m0/s1. The molecule has 1 aliphatic rings. The highest BCUT2D eigenvalue weighted by atomic mass is 35.5. The molecular formula is C22H19ClFN3O. The number of pyridine rings is 1. The molecular weight excluding hydrogens is 377 g/mol. The van der Waals surface area contributed by atoms with Crippen molar-refractivity contribution in [1.82, 2.24) is 4.98 Å². The molecule has 0 saturated carbocycles. The van der Waals surface area contributed by atoms with E-state index >= 15 is 0 Å². The SMILES string of the molecule is Cc1cc(C)c(C2=NN(c3ccccc3F)[C@H](c3ccc(Cl)cc3)C2)c(=O)[nH]1. The molecule has 2 heterocycles. The summed E-state index contributed by atoms with van der Waals surface area (Å²) in [5, 5.41) is 6.97. The second kappa shape index (κ2) is 7.24. The maximum absolute atomic E-state index is 14.5. The van der Waals surface area contributed by atoms with Crippen LogP contribution in [0.5, 0.6) is 0 Å². The van der Waals surface area contributed by atoms with Gasteiger partial charge >= 0.3 is 0 Å². The summed E-state index contributed by atoms with van der Waals surface area (Å²) in [6.07, 6.45) is 0.489. The fraction of sp³-hybridized carbons (Fsp3) is 0.182. The van der Waals surface area contributed by atoms with Crippen LogP contribution in [0, 0.1) is 19.7 Å². The summed E-state index contributed by atoms with van der Waals surface area (Å²) in [4.78, 5) is 15.4. The number of nitrogens with zero attached hydrogens (tertiary/aromatic N) is 2. The third-order valence-electron chi connectivity index (χ3n) is 4.92.